The fourth-order valence-corrected chi connectivity index (χ4v) is 2.62. The van der Waals surface area contributed by atoms with E-state index in [0.717, 1.165) is 22.6 Å². The molecule has 4 heteroatoms. The lowest BCUT2D eigenvalue weighted by atomic mass is 10.2. The van der Waals surface area contributed by atoms with Crippen molar-refractivity contribution in [1.29, 1.82) is 5.26 Å². The molecule has 1 amide bonds. The zero-order chi connectivity index (χ0) is 15.1. The summed E-state index contributed by atoms with van der Waals surface area (Å²) < 4.78 is 0. The first-order valence-corrected chi connectivity index (χ1v) is 7.77. The number of rotatable bonds is 5. The molecule has 21 heavy (non-hydrogen) atoms. The minimum absolute atomic E-state index is 0.00273. The van der Waals surface area contributed by atoms with E-state index in [2.05, 4.69) is 11.4 Å². The second-order valence-electron chi connectivity index (χ2n) is 4.66. The van der Waals surface area contributed by atoms with Gasteiger partial charge in [-0.15, -0.1) is 11.8 Å². The fourth-order valence-electron chi connectivity index (χ4n) is 1.84. The highest BCUT2D eigenvalue weighted by atomic mass is 32.2. The topological polar surface area (TPSA) is 52.9 Å². The van der Waals surface area contributed by atoms with Crippen LogP contribution in [0, 0.1) is 18.3 Å². The molecule has 0 unspecified atom stereocenters. The number of para-hydroxylation sites is 1. The Morgan fingerprint density at radius 2 is 1.90 bits per heavy atom. The van der Waals surface area contributed by atoms with Crippen LogP contribution in [0.25, 0.3) is 0 Å². The van der Waals surface area contributed by atoms with Crippen molar-refractivity contribution in [3.05, 3.63) is 65.2 Å². The van der Waals surface area contributed by atoms with Gasteiger partial charge >= 0.3 is 0 Å². The largest absolute Gasteiger partial charge is 0.325 e. The number of aryl methyl sites for hydroxylation is 1. The van der Waals surface area contributed by atoms with Crippen LogP contribution in [0.3, 0.4) is 0 Å². The van der Waals surface area contributed by atoms with Crippen LogP contribution in [-0.2, 0) is 10.5 Å². The molecule has 1 N–H and O–H groups in total. The van der Waals surface area contributed by atoms with Gasteiger partial charge in [-0.05, 0) is 36.2 Å². The number of amides is 1. The molecule has 0 bridgehead atoms. The molecule has 2 aromatic rings. The SMILES string of the molecule is Cc1ccccc1NC(=O)CSCc1ccc(C#N)cc1. The summed E-state index contributed by atoms with van der Waals surface area (Å²) in [4.78, 5) is 11.9. The summed E-state index contributed by atoms with van der Waals surface area (Å²) >= 11 is 1.56. The summed E-state index contributed by atoms with van der Waals surface area (Å²) in [6, 6.07) is 17.3. The van der Waals surface area contributed by atoms with E-state index in [1.165, 1.54) is 0 Å². The van der Waals surface area contributed by atoms with E-state index in [1.54, 1.807) is 23.9 Å². The quantitative estimate of drug-likeness (QED) is 0.914. The highest BCUT2D eigenvalue weighted by Crippen LogP contribution is 2.16. The third kappa shape index (κ3) is 4.66. The lowest BCUT2D eigenvalue weighted by molar-refractivity contribution is -0.113. The third-order valence-corrected chi connectivity index (χ3v) is 4.01. The van der Waals surface area contributed by atoms with Gasteiger partial charge in [0.25, 0.3) is 0 Å². The smallest absolute Gasteiger partial charge is 0.234 e. The molecule has 0 aromatic heterocycles. The van der Waals surface area contributed by atoms with E-state index in [4.69, 9.17) is 5.26 Å². The van der Waals surface area contributed by atoms with Crippen LogP contribution in [0.4, 0.5) is 5.69 Å². The standard InChI is InChI=1S/C17H16N2OS/c1-13-4-2-3-5-16(13)19-17(20)12-21-11-15-8-6-14(10-18)7-9-15/h2-9H,11-12H2,1H3,(H,19,20). The van der Waals surface area contributed by atoms with Gasteiger partial charge < -0.3 is 5.32 Å². The summed E-state index contributed by atoms with van der Waals surface area (Å²) in [6.07, 6.45) is 0. The van der Waals surface area contributed by atoms with Gasteiger partial charge in [0.05, 0.1) is 17.4 Å². The van der Waals surface area contributed by atoms with E-state index >= 15 is 0 Å². The number of hydrogen-bond acceptors (Lipinski definition) is 3. The Labute approximate surface area is 129 Å². The molecule has 3 nitrogen and oxygen atoms in total. The minimum atomic E-state index is 0.00273. The number of nitrogens with one attached hydrogen (secondary N) is 1. The fraction of sp³-hybridized carbons (Fsp3) is 0.176. The van der Waals surface area contributed by atoms with Crippen LogP contribution in [0.15, 0.2) is 48.5 Å². The van der Waals surface area contributed by atoms with E-state index in [1.807, 2.05) is 43.3 Å². The number of anilines is 1. The molecule has 0 fully saturated rings. The highest BCUT2D eigenvalue weighted by Gasteiger charge is 2.04. The van der Waals surface area contributed by atoms with Gasteiger partial charge in [0.1, 0.15) is 0 Å². The Bertz CT molecular complexity index is 659. The average molecular weight is 296 g/mol. The number of carbonyl (C=O) groups excluding carboxylic acids is 1. The van der Waals surface area contributed by atoms with Crippen molar-refractivity contribution in [3.63, 3.8) is 0 Å². The second kappa shape index (κ2) is 7.51. The van der Waals surface area contributed by atoms with Crippen molar-refractivity contribution in [2.45, 2.75) is 12.7 Å². The first kappa shape index (κ1) is 15.1. The first-order chi connectivity index (χ1) is 10.2. The molecule has 0 spiro atoms. The van der Waals surface area contributed by atoms with E-state index in [0.29, 0.717) is 11.3 Å². The molecule has 0 heterocycles. The normalized spacial score (nSPS) is 9.90. The monoisotopic (exact) mass is 296 g/mol. The molecule has 106 valence electrons. The number of thioether (sulfide) groups is 1. The number of benzene rings is 2. The van der Waals surface area contributed by atoms with Crippen molar-refractivity contribution in [3.8, 4) is 6.07 Å². The van der Waals surface area contributed by atoms with Crippen LogP contribution < -0.4 is 5.32 Å². The molecule has 0 saturated heterocycles. The van der Waals surface area contributed by atoms with Crippen molar-refractivity contribution in [2.75, 3.05) is 11.1 Å². The third-order valence-electron chi connectivity index (χ3n) is 3.00. The average Bonchev–Trinajstić information content (AvgIpc) is 2.50. The maximum absolute atomic E-state index is 11.9. The summed E-state index contributed by atoms with van der Waals surface area (Å²) in [6.45, 7) is 1.97. The van der Waals surface area contributed by atoms with E-state index in [-0.39, 0.29) is 5.91 Å². The molecule has 2 rings (SSSR count). The summed E-state index contributed by atoms with van der Waals surface area (Å²) in [5.41, 5.74) is 3.69. The van der Waals surface area contributed by atoms with Crippen molar-refractivity contribution in [2.24, 2.45) is 0 Å². The maximum Gasteiger partial charge on any atom is 0.234 e. The summed E-state index contributed by atoms with van der Waals surface area (Å²) in [7, 11) is 0. The molecule has 2 aromatic carbocycles. The Morgan fingerprint density at radius 3 is 2.57 bits per heavy atom. The minimum Gasteiger partial charge on any atom is -0.325 e. The van der Waals surface area contributed by atoms with Crippen LogP contribution in [0.1, 0.15) is 16.7 Å². The Kier molecular flexibility index (Phi) is 5.42. The zero-order valence-corrected chi connectivity index (χ0v) is 12.6. The van der Waals surface area contributed by atoms with Crippen LogP contribution >= 0.6 is 11.8 Å². The Morgan fingerprint density at radius 1 is 1.19 bits per heavy atom. The highest BCUT2D eigenvalue weighted by molar-refractivity contribution is 7.99. The van der Waals surface area contributed by atoms with Crippen molar-refractivity contribution < 1.29 is 4.79 Å². The predicted molar refractivity (Wildman–Crippen MR) is 87.1 cm³/mol. The Balaban J connectivity index is 1.79. The number of nitriles is 1. The van der Waals surface area contributed by atoms with Crippen molar-refractivity contribution >= 4 is 23.4 Å². The van der Waals surface area contributed by atoms with Gasteiger partial charge in [-0.2, -0.15) is 5.26 Å². The number of hydrogen-bond donors (Lipinski definition) is 1. The van der Waals surface area contributed by atoms with Crippen molar-refractivity contribution in [1.82, 2.24) is 0 Å². The van der Waals surface area contributed by atoms with Gasteiger partial charge in [-0.1, -0.05) is 30.3 Å². The molecule has 0 atom stereocenters. The lowest BCUT2D eigenvalue weighted by Gasteiger charge is -2.07. The number of nitrogens with zero attached hydrogens (tertiary/aromatic N) is 1. The first-order valence-electron chi connectivity index (χ1n) is 6.61. The molecular formula is C17H16N2OS. The summed E-state index contributed by atoms with van der Waals surface area (Å²) in [5, 5.41) is 11.6. The lowest BCUT2D eigenvalue weighted by Crippen LogP contribution is -2.14. The van der Waals surface area contributed by atoms with Gasteiger partial charge in [0.2, 0.25) is 5.91 Å². The van der Waals surface area contributed by atoms with Gasteiger partial charge in [0.15, 0.2) is 0 Å². The molecular weight excluding hydrogens is 280 g/mol. The van der Waals surface area contributed by atoms with E-state index < -0.39 is 0 Å². The molecule has 0 aliphatic carbocycles. The van der Waals surface area contributed by atoms with Crippen LogP contribution in [-0.4, -0.2) is 11.7 Å². The Hall–Kier alpha value is -2.25. The van der Waals surface area contributed by atoms with Gasteiger partial charge in [0, 0.05) is 11.4 Å². The molecule has 0 aliphatic rings. The molecule has 0 saturated carbocycles. The molecule has 0 radical (unpaired) electrons. The predicted octanol–water partition coefficient (Wildman–Crippen LogP) is 3.74. The maximum atomic E-state index is 11.9. The van der Waals surface area contributed by atoms with Crippen LogP contribution in [0.5, 0.6) is 0 Å². The van der Waals surface area contributed by atoms with Crippen LogP contribution in [0.2, 0.25) is 0 Å². The molecule has 0 aliphatic heterocycles. The van der Waals surface area contributed by atoms with E-state index in [9.17, 15) is 4.79 Å². The van der Waals surface area contributed by atoms with Gasteiger partial charge in [-0.25, -0.2) is 0 Å². The zero-order valence-electron chi connectivity index (χ0n) is 11.8. The second-order valence-corrected chi connectivity index (χ2v) is 5.65. The number of carbonyl (C=O) groups is 1. The summed E-state index contributed by atoms with van der Waals surface area (Å²) in [5.74, 6) is 1.17. The van der Waals surface area contributed by atoms with Gasteiger partial charge in [-0.3, -0.25) is 4.79 Å².